The van der Waals surface area contributed by atoms with E-state index in [1.807, 2.05) is 42.5 Å². The van der Waals surface area contributed by atoms with E-state index in [1.54, 1.807) is 7.11 Å². The maximum absolute atomic E-state index is 12.2. The molecule has 4 heteroatoms. The van der Waals surface area contributed by atoms with Crippen molar-refractivity contribution in [3.63, 3.8) is 0 Å². The van der Waals surface area contributed by atoms with Gasteiger partial charge in [0.1, 0.15) is 5.75 Å². The van der Waals surface area contributed by atoms with Crippen LogP contribution in [0.15, 0.2) is 48.5 Å². The van der Waals surface area contributed by atoms with E-state index in [4.69, 9.17) is 4.74 Å². The molecular formula is C21H28N2O2. The van der Waals surface area contributed by atoms with Gasteiger partial charge in [-0.1, -0.05) is 51.1 Å². The molecule has 0 aliphatic rings. The predicted molar refractivity (Wildman–Crippen MR) is 103 cm³/mol. The van der Waals surface area contributed by atoms with Crippen molar-refractivity contribution in [2.24, 2.45) is 0 Å². The summed E-state index contributed by atoms with van der Waals surface area (Å²) >= 11 is 0. The van der Waals surface area contributed by atoms with Gasteiger partial charge in [0.2, 0.25) is 5.91 Å². The summed E-state index contributed by atoms with van der Waals surface area (Å²) in [5, 5.41) is 6.21. The fraction of sp³-hybridized carbons (Fsp3) is 0.381. The third-order valence-electron chi connectivity index (χ3n) is 4.04. The number of carbonyl (C=O) groups excluding carboxylic acids is 1. The average Bonchev–Trinajstić information content (AvgIpc) is 2.59. The Kier molecular flexibility index (Phi) is 6.59. The lowest BCUT2D eigenvalue weighted by atomic mass is 9.86. The summed E-state index contributed by atoms with van der Waals surface area (Å²) in [5.41, 5.74) is 3.23. The number of carbonyl (C=O) groups is 1. The molecule has 25 heavy (non-hydrogen) atoms. The van der Waals surface area contributed by atoms with Crippen LogP contribution in [0.25, 0.3) is 0 Å². The minimum atomic E-state index is -0.0218. The van der Waals surface area contributed by atoms with E-state index in [2.05, 4.69) is 37.5 Å². The topological polar surface area (TPSA) is 50.4 Å². The van der Waals surface area contributed by atoms with Gasteiger partial charge in [-0.2, -0.15) is 0 Å². The van der Waals surface area contributed by atoms with Crippen molar-refractivity contribution >= 4 is 11.6 Å². The number of hydrogen-bond acceptors (Lipinski definition) is 3. The number of ether oxygens (including phenoxy) is 1. The highest BCUT2D eigenvalue weighted by Crippen LogP contribution is 2.29. The molecule has 0 radical (unpaired) electrons. The van der Waals surface area contributed by atoms with Crippen LogP contribution >= 0.6 is 0 Å². The first-order valence-corrected chi connectivity index (χ1v) is 8.63. The zero-order chi connectivity index (χ0) is 18.3. The molecule has 0 fully saturated rings. The highest BCUT2D eigenvalue weighted by Gasteiger charge is 2.18. The number of benzene rings is 2. The zero-order valence-electron chi connectivity index (χ0n) is 15.6. The lowest BCUT2D eigenvalue weighted by Crippen LogP contribution is -2.30. The van der Waals surface area contributed by atoms with Crippen LogP contribution in [0.2, 0.25) is 0 Å². The molecule has 0 saturated carbocycles. The first-order chi connectivity index (χ1) is 11.9. The molecule has 0 saturated heterocycles. The third kappa shape index (κ3) is 5.91. The van der Waals surface area contributed by atoms with Crippen LogP contribution in [0.1, 0.15) is 31.9 Å². The second-order valence-corrected chi connectivity index (χ2v) is 7.12. The third-order valence-corrected chi connectivity index (χ3v) is 4.04. The van der Waals surface area contributed by atoms with Gasteiger partial charge < -0.3 is 15.4 Å². The van der Waals surface area contributed by atoms with Crippen LogP contribution in [0.5, 0.6) is 5.75 Å². The Morgan fingerprint density at radius 1 is 1.04 bits per heavy atom. The second-order valence-electron chi connectivity index (χ2n) is 7.12. The molecule has 4 nitrogen and oxygen atoms in total. The molecule has 0 aliphatic heterocycles. The summed E-state index contributed by atoms with van der Waals surface area (Å²) in [6.07, 6.45) is 0.871. The summed E-state index contributed by atoms with van der Waals surface area (Å²) in [4.78, 5) is 12.2. The van der Waals surface area contributed by atoms with Crippen molar-refractivity contribution < 1.29 is 9.53 Å². The van der Waals surface area contributed by atoms with Gasteiger partial charge in [0.05, 0.1) is 13.7 Å². The average molecular weight is 340 g/mol. The minimum Gasteiger partial charge on any atom is -0.497 e. The SMILES string of the molecule is COc1ccc(CCNCC(=O)Nc2ccccc2C(C)(C)C)cc1. The Morgan fingerprint density at radius 2 is 1.72 bits per heavy atom. The number of nitrogens with one attached hydrogen (secondary N) is 2. The van der Waals surface area contributed by atoms with Crippen LogP contribution in [-0.2, 0) is 16.6 Å². The smallest absolute Gasteiger partial charge is 0.238 e. The van der Waals surface area contributed by atoms with E-state index in [9.17, 15) is 4.79 Å². The number of para-hydroxylation sites is 1. The Bertz CT molecular complexity index is 688. The minimum absolute atomic E-state index is 0.00827. The number of hydrogen-bond donors (Lipinski definition) is 2. The van der Waals surface area contributed by atoms with Crippen LogP contribution in [0.4, 0.5) is 5.69 Å². The van der Waals surface area contributed by atoms with Gasteiger partial charge in [0.15, 0.2) is 0 Å². The number of anilines is 1. The monoisotopic (exact) mass is 340 g/mol. The van der Waals surface area contributed by atoms with Crippen molar-refractivity contribution in [3.8, 4) is 5.75 Å². The Balaban J connectivity index is 1.79. The van der Waals surface area contributed by atoms with E-state index < -0.39 is 0 Å². The Hall–Kier alpha value is -2.33. The van der Waals surface area contributed by atoms with E-state index in [1.165, 1.54) is 5.56 Å². The molecule has 0 heterocycles. The fourth-order valence-corrected chi connectivity index (χ4v) is 2.67. The molecule has 2 rings (SSSR count). The van der Waals surface area contributed by atoms with Crippen molar-refractivity contribution in [3.05, 3.63) is 59.7 Å². The van der Waals surface area contributed by atoms with Crippen molar-refractivity contribution in [2.45, 2.75) is 32.6 Å². The molecule has 0 aliphatic carbocycles. The maximum Gasteiger partial charge on any atom is 0.238 e. The summed E-state index contributed by atoms with van der Waals surface area (Å²) in [5.74, 6) is 0.833. The summed E-state index contributed by atoms with van der Waals surface area (Å²) < 4.78 is 5.15. The molecule has 1 amide bonds. The number of rotatable bonds is 7. The lowest BCUT2D eigenvalue weighted by molar-refractivity contribution is -0.115. The molecule has 2 aromatic carbocycles. The molecule has 0 unspecified atom stereocenters. The van der Waals surface area contributed by atoms with E-state index >= 15 is 0 Å². The molecule has 0 aromatic heterocycles. The van der Waals surface area contributed by atoms with Crippen LogP contribution in [0, 0.1) is 0 Å². The van der Waals surface area contributed by atoms with E-state index in [0.717, 1.165) is 30.0 Å². The Morgan fingerprint density at radius 3 is 2.36 bits per heavy atom. The molecule has 0 atom stereocenters. The summed E-state index contributed by atoms with van der Waals surface area (Å²) in [6.45, 7) is 7.48. The van der Waals surface area contributed by atoms with Gasteiger partial charge in [-0.05, 0) is 47.7 Å². The van der Waals surface area contributed by atoms with Crippen molar-refractivity contribution in [1.82, 2.24) is 5.32 Å². The standard InChI is InChI=1S/C21H28N2O2/c1-21(2,3)18-7-5-6-8-19(18)23-20(24)15-22-14-13-16-9-11-17(25-4)12-10-16/h5-12,22H,13-15H2,1-4H3,(H,23,24). The zero-order valence-corrected chi connectivity index (χ0v) is 15.6. The molecule has 2 N–H and O–H groups in total. The van der Waals surface area contributed by atoms with Crippen molar-refractivity contribution in [2.75, 3.05) is 25.5 Å². The second kappa shape index (κ2) is 8.67. The molecule has 0 bridgehead atoms. The van der Waals surface area contributed by atoms with Crippen LogP contribution in [0.3, 0.4) is 0 Å². The summed E-state index contributed by atoms with van der Waals surface area (Å²) in [7, 11) is 1.66. The van der Waals surface area contributed by atoms with Crippen molar-refractivity contribution in [1.29, 1.82) is 0 Å². The quantitative estimate of drug-likeness (QED) is 0.755. The number of methoxy groups -OCH3 is 1. The predicted octanol–water partition coefficient (Wildman–Crippen LogP) is 3.76. The first-order valence-electron chi connectivity index (χ1n) is 8.63. The largest absolute Gasteiger partial charge is 0.497 e. The molecule has 0 spiro atoms. The Labute approximate surface area is 150 Å². The first kappa shape index (κ1) is 19.0. The van der Waals surface area contributed by atoms with Gasteiger partial charge in [-0.3, -0.25) is 4.79 Å². The van der Waals surface area contributed by atoms with Gasteiger partial charge in [0, 0.05) is 5.69 Å². The van der Waals surface area contributed by atoms with Gasteiger partial charge in [-0.25, -0.2) is 0 Å². The lowest BCUT2D eigenvalue weighted by Gasteiger charge is -2.23. The number of amides is 1. The van der Waals surface area contributed by atoms with E-state index in [0.29, 0.717) is 6.54 Å². The highest BCUT2D eigenvalue weighted by atomic mass is 16.5. The molecule has 134 valence electrons. The van der Waals surface area contributed by atoms with Crippen LogP contribution in [-0.4, -0.2) is 26.1 Å². The summed E-state index contributed by atoms with van der Waals surface area (Å²) in [6, 6.07) is 15.9. The molecular weight excluding hydrogens is 312 g/mol. The normalized spacial score (nSPS) is 11.2. The highest BCUT2D eigenvalue weighted by molar-refractivity contribution is 5.93. The van der Waals surface area contributed by atoms with Gasteiger partial charge >= 0.3 is 0 Å². The fourth-order valence-electron chi connectivity index (χ4n) is 2.67. The maximum atomic E-state index is 12.2. The molecule has 2 aromatic rings. The van der Waals surface area contributed by atoms with Crippen LogP contribution < -0.4 is 15.4 Å². The van der Waals surface area contributed by atoms with Gasteiger partial charge in [-0.15, -0.1) is 0 Å². The van der Waals surface area contributed by atoms with Gasteiger partial charge in [0.25, 0.3) is 0 Å². The van der Waals surface area contributed by atoms with E-state index in [-0.39, 0.29) is 11.3 Å².